The van der Waals surface area contributed by atoms with Crippen molar-refractivity contribution in [3.8, 4) is 5.75 Å². The van der Waals surface area contributed by atoms with Crippen molar-refractivity contribution in [1.29, 1.82) is 0 Å². The number of nitrogens with one attached hydrogen (secondary N) is 1. The second-order valence-electron chi connectivity index (χ2n) is 5.37. The topological polar surface area (TPSA) is 24.5 Å². The summed E-state index contributed by atoms with van der Waals surface area (Å²) in [5, 5.41) is 3.59. The average Bonchev–Trinajstić information content (AvgIpc) is 2.88. The summed E-state index contributed by atoms with van der Waals surface area (Å²) in [4.78, 5) is 2.53. The van der Waals surface area contributed by atoms with Crippen molar-refractivity contribution in [1.82, 2.24) is 10.2 Å². The van der Waals surface area contributed by atoms with Crippen LogP contribution in [0.3, 0.4) is 0 Å². The van der Waals surface area contributed by atoms with E-state index in [4.69, 9.17) is 4.74 Å². The summed E-state index contributed by atoms with van der Waals surface area (Å²) in [5.41, 5.74) is 1.17. The molecule has 1 aromatic rings. The third-order valence-electron chi connectivity index (χ3n) is 3.66. The van der Waals surface area contributed by atoms with Crippen LogP contribution in [0, 0.1) is 0 Å². The molecule has 1 aliphatic heterocycles. The van der Waals surface area contributed by atoms with Gasteiger partial charge in [0.15, 0.2) is 0 Å². The van der Waals surface area contributed by atoms with Gasteiger partial charge in [-0.05, 0) is 60.9 Å². The van der Waals surface area contributed by atoms with Crippen LogP contribution in [0.15, 0.2) is 21.1 Å². The maximum atomic E-state index is 5.48. The predicted octanol–water partition coefficient (Wildman–Crippen LogP) is 3.79. The SMILES string of the molecule is COc1c(Br)cc(Br)cc1CNC(C)CN1CCCC1. The van der Waals surface area contributed by atoms with E-state index in [0.29, 0.717) is 6.04 Å². The number of ether oxygens (including phenoxy) is 1. The maximum Gasteiger partial charge on any atom is 0.137 e. The standard InChI is InChI=1S/C15H22Br2N2O/c1-11(10-19-5-3-4-6-19)18-9-12-7-13(16)8-14(17)15(12)20-2/h7-8,11,18H,3-6,9-10H2,1-2H3. The highest BCUT2D eigenvalue weighted by molar-refractivity contribution is 9.11. The zero-order valence-electron chi connectivity index (χ0n) is 12.1. The molecule has 0 aliphatic carbocycles. The molecule has 1 unspecified atom stereocenters. The van der Waals surface area contributed by atoms with Gasteiger partial charge in [-0.2, -0.15) is 0 Å². The Balaban J connectivity index is 1.92. The third-order valence-corrected chi connectivity index (χ3v) is 4.71. The Bertz CT molecular complexity index is 448. The fourth-order valence-corrected chi connectivity index (χ4v) is 4.15. The molecular formula is C15H22Br2N2O. The highest BCUT2D eigenvalue weighted by Crippen LogP contribution is 2.32. The van der Waals surface area contributed by atoms with Crippen molar-refractivity contribution >= 4 is 31.9 Å². The summed E-state index contributed by atoms with van der Waals surface area (Å²) in [6.45, 7) is 6.68. The van der Waals surface area contributed by atoms with Crippen molar-refractivity contribution in [2.75, 3.05) is 26.7 Å². The van der Waals surface area contributed by atoms with E-state index in [-0.39, 0.29) is 0 Å². The van der Waals surface area contributed by atoms with Gasteiger partial charge >= 0.3 is 0 Å². The lowest BCUT2D eigenvalue weighted by molar-refractivity contribution is 0.297. The molecular weight excluding hydrogens is 384 g/mol. The van der Waals surface area contributed by atoms with Crippen molar-refractivity contribution in [2.24, 2.45) is 0 Å². The Morgan fingerprint density at radius 3 is 2.65 bits per heavy atom. The number of likely N-dealkylation sites (tertiary alicyclic amines) is 1. The largest absolute Gasteiger partial charge is 0.495 e. The van der Waals surface area contributed by atoms with Crippen LogP contribution in [-0.2, 0) is 6.54 Å². The van der Waals surface area contributed by atoms with Crippen LogP contribution in [0.1, 0.15) is 25.3 Å². The summed E-state index contributed by atoms with van der Waals surface area (Å²) in [6, 6.07) is 4.60. The van der Waals surface area contributed by atoms with E-state index < -0.39 is 0 Å². The minimum atomic E-state index is 0.482. The first-order valence-electron chi connectivity index (χ1n) is 7.08. The minimum absolute atomic E-state index is 0.482. The fraction of sp³-hybridized carbons (Fsp3) is 0.600. The molecule has 1 saturated heterocycles. The maximum absolute atomic E-state index is 5.48. The Morgan fingerprint density at radius 1 is 1.30 bits per heavy atom. The minimum Gasteiger partial charge on any atom is -0.495 e. The first-order chi connectivity index (χ1) is 9.60. The molecule has 20 heavy (non-hydrogen) atoms. The number of hydrogen-bond acceptors (Lipinski definition) is 3. The van der Waals surface area contributed by atoms with Crippen LogP contribution in [0.25, 0.3) is 0 Å². The number of halogens is 2. The van der Waals surface area contributed by atoms with Crippen molar-refractivity contribution < 1.29 is 4.74 Å². The van der Waals surface area contributed by atoms with Crippen LogP contribution in [0.2, 0.25) is 0 Å². The van der Waals surface area contributed by atoms with Crippen LogP contribution in [0.4, 0.5) is 0 Å². The molecule has 0 aromatic heterocycles. The molecule has 1 N–H and O–H groups in total. The zero-order valence-corrected chi connectivity index (χ0v) is 15.3. The molecule has 1 aromatic carbocycles. The normalized spacial score (nSPS) is 17.4. The molecule has 1 aliphatic rings. The third kappa shape index (κ3) is 4.45. The van der Waals surface area contributed by atoms with Crippen LogP contribution in [-0.4, -0.2) is 37.7 Å². The summed E-state index contributed by atoms with van der Waals surface area (Å²) >= 11 is 7.08. The molecule has 0 saturated carbocycles. The molecule has 5 heteroatoms. The monoisotopic (exact) mass is 404 g/mol. The van der Waals surface area contributed by atoms with E-state index in [9.17, 15) is 0 Å². The van der Waals surface area contributed by atoms with Crippen molar-refractivity contribution in [2.45, 2.75) is 32.4 Å². The molecule has 112 valence electrons. The van der Waals surface area contributed by atoms with Crippen molar-refractivity contribution in [3.05, 3.63) is 26.6 Å². The Labute approximate surface area is 138 Å². The van der Waals surface area contributed by atoms with Crippen LogP contribution >= 0.6 is 31.9 Å². The van der Waals surface area contributed by atoms with Gasteiger partial charge < -0.3 is 15.0 Å². The fourth-order valence-electron chi connectivity index (χ4n) is 2.67. The molecule has 0 bridgehead atoms. The quantitative estimate of drug-likeness (QED) is 0.778. The highest BCUT2D eigenvalue weighted by Gasteiger charge is 2.15. The Kier molecular flexibility index (Phi) is 6.33. The molecule has 0 amide bonds. The summed E-state index contributed by atoms with van der Waals surface area (Å²) < 4.78 is 7.53. The number of benzene rings is 1. The predicted molar refractivity (Wildman–Crippen MR) is 90.4 cm³/mol. The van der Waals surface area contributed by atoms with Gasteiger partial charge in [0.25, 0.3) is 0 Å². The highest BCUT2D eigenvalue weighted by atomic mass is 79.9. The zero-order chi connectivity index (χ0) is 14.5. The van der Waals surface area contributed by atoms with Crippen LogP contribution < -0.4 is 10.1 Å². The molecule has 2 rings (SSSR count). The van der Waals surface area contributed by atoms with Gasteiger partial charge in [-0.15, -0.1) is 0 Å². The second kappa shape index (κ2) is 7.78. The Morgan fingerprint density at radius 2 is 2.00 bits per heavy atom. The van der Waals surface area contributed by atoms with E-state index in [0.717, 1.165) is 27.8 Å². The molecule has 1 atom stereocenters. The lowest BCUT2D eigenvalue weighted by atomic mass is 10.2. The van der Waals surface area contributed by atoms with Gasteiger partial charge in [-0.25, -0.2) is 0 Å². The molecule has 3 nitrogen and oxygen atoms in total. The van der Waals surface area contributed by atoms with Gasteiger partial charge in [0, 0.05) is 29.2 Å². The van der Waals surface area contributed by atoms with Gasteiger partial charge in [-0.3, -0.25) is 0 Å². The van der Waals surface area contributed by atoms with E-state index in [2.05, 4.69) is 55.1 Å². The smallest absolute Gasteiger partial charge is 0.137 e. The second-order valence-corrected chi connectivity index (χ2v) is 7.14. The average molecular weight is 406 g/mol. The van der Waals surface area contributed by atoms with E-state index in [1.807, 2.05) is 6.07 Å². The van der Waals surface area contributed by atoms with Gasteiger partial charge in [0.05, 0.1) is 11.6 Å². The van der Waals surface area contributed by atoms with Gasteiger partial charge in [-0.1, -0.05) is 15.9 Å². The summed E-state index contributed by atoms with van der Waals surface area (Å²) in [6.07, 6.45) is 2.69. The molecule has 1 heterocycles. The van der Waals surface area contributed by atoms with Gasteiger partial charge in [0.1, 0.15) is 5.75 Å². The number of hydrogen-bond donors (Lipinski definition) is 1. The van der Waals surface area contributed by atoms with Crippen molar-refractivity contribution in [3.63, 3.8) is 0 Å². The molecule has 1 fully saturated rings. The van der Waals surface area contributed by atoms with E-state index in [1.54, 1.807) is 7.11 Å². The summed E-state index contributed by atoms with van der Waals surface area (Å²) in [5.74, 6) is 0.911. The van der Waals surface area contributed by atoms with Gasteiger partial charge in [0.2, 0.25) is 0 Å². The Hall–Kier alpha value is -0.100. The number of rotatable bonds is 6. The molecule has 0 radical (unpaired) electrons. The first kappa shape index (κ1) is 16.3. The first-order valence-corrected chi connectivity index (χ1v) is 8.66. The van der Waals surface area contributed by atoms with E-state index >= 15 is 0 Å². The summed E-state index contributed by atoms with van der Waals surface area (Å²) in [7, 11) is 1.71. The number of methoxy groups -OCH3 is 1. The van der Waals surface area contributed by atoms with E-state index in [1.165, 1.54) is 31.5 Å². The lowest BCUT2D eigenvalue weighted by Crippen LogP contribution is -2.37. The van der Waals surface area contributed by atoms with Crippen LogP contribution in [0.5, 0.6) is 5.75 Å². The number of nitrogens with zero attached hydrogens (tertiary/aromatic N) is 1. The lowest BCUT2D eigenvalue weighted by Gasteiger charge is -2.22. The molecule has 0 spiro atoms.